The van der Waals surface area contributed by atoms with E-state index >= 15 is 0 Å². The molecule has 1 fully saturated rings. The lowest BCUT2D eigenvalue weighted by molar-refractivity contribution is -0.122. The van der Waals surface area contributed by atoms with Gasteiger partial charge in [-0.15, -0.1) is 11.8 Å². The topological polar surface area (TPSA) is 79.8 Å². The fraction of sp³-hybridized carbons (Fsp3) is 0.458. The number of hydrogen-bond acceptors (Lipinski definition) is 6. The molecule has 0 spiro atoms. The van der Waals surface area contributed by atoms with Crippen molar-refractivity contribution in [3.63, 3.8) is 0 Å². The summed E-state index contributed by atoms with van der Waals surface area (Å²) in [6.45, 7) is 1.90. The number of benzene rings is 2. The molecule has 0 saturated carbocycles. The van der Waals surface area contributed by atoms with E-state index in [4.69, 9.17) is 9.47 Å². The molecule has 2 atom stereocenters. The van der Waals surface area contributed by atoms with Crippen molar-refractivity contribution in [3.8, 4) is 0 Å². The zero-order chi connectivity index (χ0) is 23.6. The highest BCUT2D eigenvalue weighted by Crippen LogP contribution is 2.16. The molecule has 9 heteroatoms. The third-order valence-electron chi connectivity index (χ3n) is 5.31. The summed E-state index contributed by atoms with van der Waals surface area (Å²) in [6, 6.07) is 10.1. The maximum absolute atomic E-state index is 13.7. The van der Waals surface area contributed by atoms with Crippen molar-refractivity contribution in [1.29, 1.82) is 0 Å². The van der Waals surface area contributed by atoms with E-state index in [1.165, 1.54) is 12.1 Å². The van der Waals surface area contributed by atoms with Gasteiger partial charge in [0.15, 0.2) is 6.29 Å². The molecule has 1 amide bonds. The highest BCUT2D eigenvalue weighted by atomic mass is 32.2. The van der Waals surface area contributed by atoms with E-state index in [0.717, 1.165) is 16.5 Å². The molecule has 1 aliphatic heterocycles. The molecule has 180 valence electrons. The molecule has 2 aromatic rings. The van der Waals surface area contributed by atoms with Gasteiger partial charge in [0, 0.05) is 30.5 Å². The summed E-state index contributed by atoms with van der Waals surface area (Å²) in [5, 5.41) is 16.7. The molecule has 3 N–H and O–H groups in total. The van der Waals surface area contributed by atoms with E-state index in [1.54, 1.807) is 11.8 Å². The molecule has 2 aromatic carbocycles. The van der Waals surface area contributed by atoms with Crippen LogP contribution < -0.4 is 10.6 Å². The minimum Gasteiger partial charge on any atom is -0.390 e. The molecular weight excluding hydrogens is 450 g/mol. The summed E-state index contributed by atoms with van der Waals surface area (Å²) in [4.78, 5) is 13.8. The Kier molecular flexibility index (Phi) is 10.1. The number of ether oxygens (including phenoxy) is 2. The van der Waals surface area contributed by atoms with Gasteiger partial charge in [-0.05, 0) is 48.1 Å². The number of aliphatic hydroxyl groups excluding tert-OH is 1. The standard InChI is InChI=1S/C24H30F2N2O4S/c1-33-20-4-2-16(3-5-20)13-23(30)28-21(12-17-10-18(25)14-19(26)11-17)22(29)15-27-7-6-24-31-8-9-32-24/h2-5,10-11,14,21-22,24,27,29H,6-9,12-13,15H2,1H3,(H,28,30)/t21-,22-/m1/s1. The molecule has 1 saturated heterocycles. The number of hydrogen-bond donors (Lipinski definition) is 3. The molecule has 3 rings (SSSR count). The molecule has 0 unspecified atom stereocenters. The van der Waals surface area contributed by atoms with Crippen LogP contribution in [0.15, 0.2) is 47.4 Å². The highest BCUT2D eigenvalue weighted by Gasteiger charge is 2.23. The molecule has 1 heterocycles. The Labute approximate surface area is 197 Å². The Morgan fingerprint density at radius 2 is 1.79 bits per heavy atom. The fourth-order valence-corrected chi connectivity index (χ4v) is 4.05. The number of carbonyl (C=O) groups is 1. The number of halogens is 2. The second kappa shape index (κ2) is 13.0. The first-order chi connectivity index (χ1) is 15.9. The van der Waals surface area contributed by atoms with Gasteiger partial charge in [0.05, 0.1) is 31.8 Å². The first-order valence-corrected chi connectivity index (χ1v) is 12.1. The number of rotatable bonds is 12. The van der Waals surface area contributed by atoms with E-state index in [1.807, 2.05) is 30.5 Å². The third-order valence-corrected chi connectivity index (χ3v) is 6.06. The average molecular weight is 481 g/mol. The predicted octanol–water partition coefficient (Wildman–Crippen LogP) is 2.67. The molecule has 33 heavy (non-hydrogen) atoms. The van der Waals surface area contributed by atoms with Crippen LogP contribution in [-0.2, 0) is 27.1 Å². The zero-order valence-electron chi connectivity index (χ0n) is 18.6. The van der Waals surface area contributed by atoms with Gasteiger partial charge in [-0.2, -0.15) is 0 Å². The molecule has 0 aliphatic carbocycles. The minimum absolute atomic E-state index is 0.0868. The third kappa shape index (κ3) is 8.68. The van der Waals surface area contributed by atoms with Crippen LogP contribution in [0.3, 0.4) is 0 Å². The fourth-order valence-electron chi connectivity index (χ4n) is 3.64. The maximum atomic E-state index is 13.7. The summed E-state index contributed by atoms with van der Waals surface area (Å²) >= 11 is 1.61. The minimum atomic E-state index is -0.968. The van der Waals surface area contributed by atoms with Crippen molar-refractivity contribution in [2.24, 2.45) is 0 Å². The number of aliphatic hydroxyl groups is 1. The Bertz CT molecular complexity index is 874. The summed E-state index contributed by atoms with van der Waals surface area (Å²) in [5.74, 6) is -1.68. The molecule has 1 aliphatic rings. The Balaban J connectivity index is 1.59. The lowest BCUT2D eigenvalue weighted by Crippen LogP contribution is -2.49. The van der Waals surface area contributed by atoms with Crippen molar-refractivity contribution in [2.75, 3.05) is 32.6 Å². The van der Waals surface area contributed by atoms with E-state index in [-0.39, 0.29) is 31.6 Å². The van der Waals surface area contributed by atoms with Gasteiger partial charge in [0.25, 0.3) is 0 Å². The smallest absolute Gasteiger partial charge is 0.224 e. The van der Waals surface area contributed by atoms with Crippen molar-refractivity contribution in [1.82, 2.24) is 10.6 Å². The lowest BCUT2D eigenvalue weighted by atomic mass is 10.00. The van der Waals surface area contributed by atoms with Gasteiger partial charge in [0.2, 0.25) is 5.91 Å². The first-order valence-electron chi connectivity index (χ1n) is 10.9. The van der Waals surface area contributed by atoms with Gasteiger partial charge >= 0.3 is 0 Å². The van der Waals surface area contributed by atoms with E-state index < -0.39 is 23.8 Å². The van der Waals surface area contributed by atoms with Crippen molar-refractivity contribution < 1.29 is 28.2 Å². The lowest BCUT2D eigenvalue weighted by Gasteiger charge is -2.25. The predicted molar refractivity (Wildman–Crippen MR) is 123 cm³/mol. The Morgan fingerprint density at radius 1 is 1.12 bits per heavy atom. The van der Waals surface area contributed by atoms with Crippen molar-refractivity contribution >= 4 is 17.7 Å². The summed E-state index contributed by atoms with van der Waals surface area (Å²) in [6.07, 6.45) is 1.61. The number of thioether (sulfide) groups is 1. The Morgan fingerprint density at radius 3 is 2.42 bits per heavy atom. The SMILES string of the molecule is CSc1ccc(CC(=O)N[C@H](Cc2cc(F)cc(F)c2)[C@H](O)CNCCC2OCCO2)cc1. The van der Waals surface area contributed by atoms with Gasteiger partial charge < -0.3 is 25.2 Å². The number of carbonyl (C=O) groups excluding carboxylic acids is 1. The highest BCUT2D eigenvalue weighted by molar-refractivity contribution is 7.98. The van der Waals surface area contributed by atoms with Crippen LogP contribution in [0.4, 0.5) is 8.78 Å². The van der Waals surface area contributed by atoms with Crippen LogP contribution in [0.5, 0.6) is 0 Å². The van der Waals surface area contributed by atoms with Gasteiger partial charge in [-0.3, -0.25) is 4.79 Å². The van der Waals surface area contributed by atoms with Crippen LogP contribution in [0.2, 0.25) is 0 Å². The van der Waals surface area contributed by atoms with Crippen LogP contribution in [0, 0.1) is 11.6 Å². The molecule has 0 radical (unpaired) electrons. The van der Waals surface area contributed by atoms with E-state index in [2.05, 4.69) is 10.6 Å². The van der Waals surface area contributed by atoms with Gasteiger partial charge in [-0.25, -0.2) is 8.78 Å². The maximum Gasteiger partial charge on any atom is 0.224 e. The monoisotopic (exact) mass is 480 g/mol. The second-order valence-electron chi connectivity index (χ2n) is 7.91. The molecule has 0 aromatic heterocycles. The molecule has 0 bridgehead atoms. The van der Waals surface area contributed by atoms with Gasteiger partial charge in [0.1, 0.15) is 11.6 Å². The largest absolute Gasteiger partial charge is 0.390 e. The summed E-state index contributed by atoms with van der Waals surface area (Å²) < 4.78 is 38.1. The summed E-state index contributed by atoms with van der Waals surface area (Å²) in [7, 11) is 0. The van der Waals surface area contributed by atoms with Gasteiger partial charge in [-0.1, -0.05) is 12.1 Å². The molecule has 6 nitrogen and oxygen atoms in total. The quantitative estimate of drug-likeness (QED) is 0.320. The van der Waals surface area contributed by atoms with E-state index in [0.29, 0.717) is 31.7 Å². The van der Waals surface area contributed by atoms with Crippen LogP contribution in [0.25, 0.3) is 0 Å². The number of amides is 1. The van der Waals surface area contributed by atoms with Crippen molar-refractivity contribution in [2.45, 2.75) is 42.6 Å². The summed E-state index contributed by atoms with van der Waals surface area (Å²) in [5.41, 5.74) is 1.19. The van der Waals surface area contributed by atoms with E-state index in [9.17, 15) is 18.7 Å². The normalized spacial score (nSPS) is 16.0. The zero-order valence-corrected chi connectivity index (χ0v) is 19.4. The first kappa shape index (κ1) is 25.6. The van der Waals surface area contributed by atoms with Crippen LogP contribution in [0.1, 0.15) is 17.5 Å². The van der Waals surface area contributed by atoms with Crippen LogP contribution in [-0.4, -0.2) is 62.0 Å². The average Bonchev–Trinajstić information content (AvgIpc) is 3.29. The number of nitrogens with one attached hydrogen (secondary N) is 2. The van der Waals surface area contributed by atoms with Crippen LogP contribution >= 0.6 is 11.8 Å². The Hall–Kier alpha value is -2.04. The van der Waals surface area contributed by atoms with Crippen molar-refractivity contribution in [3.05, 3.63) is 65.2 Å². The molecular formula is C24H30F2N2O4S. The second-order valence-corrected chi connectivity index (χ2v) is 8.79.